The molecule has 0 aliphatic rings. The molecule has 0 aliphatic heterocycles. The second kappa shape index (κ2) is 6.55. The SMILES string of the molecule is Cc1nc(CN(C)CCn2cc(C(=O)NN)nn2)cs1. The first-order valence-corrected chi connectivity index (χ1v) is 6.97. The number of carbonyl (C=O) groups is 1. The Morgan fingerprint density at radius 1 is 1.60 bits per heavy atom. The molecule has 0 saturated carbocycles. The van der Waals surface area contributed by atoms with Gasteiger partial charge in [-0.3, -0.25) is 19.8 Å². The lowest BCUT2D eigenvalue weighted by atomic mass is 10.4. The van der Waals surface area contributed by atoms with Crippen LogP contribution in [0.2, 0.25) is 0 Å². The molecule has 108 valence electrons. The average molecular weight is 295 g/mol. The number of rotatable bonds is 6. The molecule has 8 nitrogen and oxygen atoms in total. The van der Waals surface area contributed by atoms with E-state index in [1.165, 1.54) is 0 Å². The van der Waals surface area contributed by atoms with Gasteiger partial charge in [-0.25, -0.2) is 10.8 Å². The fraction of sp³-hybridized carbons (Fsp3) is 0.455. The van der Waals surface area contributed by atoms with E-state index in [2.05, 4.69) is 25.6 Å². The Morgan fingerprint density at radius 2 is 2.40 bits per heavy atom. The van der Waals surface area contributed by atoms with Crippen molar-refractivity contribution in [2.24, 2.45) is 5.84 Å². The van der Waals surface area contributed by atoms with Crippen LogP contribution in [-0.2, 0) is 13.1 Å². The number of hydrogen-bond donors (Lipinski definition) is 2. The molecule has 2 aromatic heterocycles. The van der Waals surface area contributed by atoms with Gasteiger partial charge in [0.05, 0.1) is 23.4 Å². The van der Waals surface area contributed by atoms with Crippen LogP contribution in [0.1, 0.15) is 21.2 Å². The number of aromatic nitrogens is 4. The van der Waals surface area contributed by atoms with Gasteiger partial charge in [-0.05, 0) is 14.0 Å². The highest BCUT2D eigenvalue weighted by Crippen LogP contribution is 2.09. The van der Waals surface area contributed by atoms with Crippen LogP contribution in [0.4, 0.5) is 0 Å². The van der Waals surface area contributed by atoms with Gasteiger partial charge in [0.1, 0.15) is 0 Å². The third-order valence-electron chi connectivity index (χ3n) is 2.71. The summed E-state index contributed by atoms with van der Waals surface area (Å²) in [5.41, 5.74) is 3.30. The smallest absolute Gasteiger partial charge is 0.287 e. The molecule has 3 N–H and O–H groups in total. The van der Waals surface area contributed by atoms with Crippen LogP contribution in [-0.4, -0.2) is 44.4 Å². The van der Waals surface area contributed by atoms with Crippen molar-refractivity contribution in [1.29, 1.82) is 0 Å². The topological polar surface area (TPSA) is 102 Å². The van der Waals surface area contributed by atoms with Gasteiger partial charge >= 0.3 is 0 Å². The number of nitrogens with one attached hydrogen (secondary N) is 1. The maximum Gasteiger partial charge on any atom is 0.287 e. The van der Waals surface area contributed by atoms with E-state index in [4.69, 9.17) is 5.84 Å². The first-order chi connectivity index (χ1) is 9.58. The number of likely N-dealkylation sites (N-methyl/N-ethyl adjacent to an activating group) is 1. The van der Waals surface area contributed by atoms with Crippen LogP contribution in [0.5, 0.6) is 0 Å². The predicted molar refractivity (Wildman–Crippen MR) is 74.9 cm³/mol. The van der Waals surface area contributed by atoms with Crippen LogP contribution < -0.4 is 11.3 Å². The summed E-state index contributed by atoms with van der Waals surface area (Å²) in [5.74, 6) is 4.59. The Labute approximate surface area is 120 Å². The lowest BCUT2D eigenvalue weighted by molar-refractivity contribution is 0.0948. The molecule has 0 spiro atoms. The van der Waals surface area contributed by atoms with E-state index in [-0.39, 0.29) is 5.69 Å². The number of nitrogens with zero attached hydrogens (tertiary/aromatic N) is 5. The Kier molecular flexibility index (Phi) is 4.77. The molecule has 20 heavy (non-hydrogen) atoms. The second-order valence-electron chi connectivity index (χ2n) is 4.44. The second-order valence-corrected chi connectivity index (χ2v) is 5.50. The van der Waals surface area contributed by atoms with E-state index < -0.39 is 5.91 Å². The Morgan fingerprint density at radius 3 is 3.05 bits per heavy atom. The summed E-state index contributed by atoms with van der Waals surface area (Å²) in [7, 11) is 2.01. The summed E-state index contributed by atoms with van der Waals surface area (Å²) in [6.45, 7) is 4.21. The average Bonchev–Trinajstić information content (AvgIpc) is 3.05. The Balaban J connectivity index is 1.82. The number of carbonyl (C=O) groups excluding carboxylic acids is 1. The zero-order valence-corrected chi connectivity index (χ0v) is 12.2. The van der Waals surface area contributed by atoms with Crippen molar-refractivity contribution in [3.63, 3.8) is 0 Å². The standard InChI is InChI=1S/C11H17N7OS/c1-8-13-9(7-20-8)5-17(2)3-4-18-6-10(15-16-18)11(19)14-12/h6-7H,3-5,12H2,1-2H3,(H,14,19). The molecule has 0 aliphatic carbocycles. The summed E-state index contributed by atoms with van der Waals surface area (Å²) < 4.78 is 1.62. The molecular weight excluding hydrogens is 278 g/mol. The van der Waals surface area contributed by atoms with Crippen LogP contribution in [0.15, 0.2) is 11.6 Å². The van der Waals surface area contributed by atoms with Gasteiger partial charge in [0, 0.05) is 18.5 Å². The zero-order valence-electron chi connectivity index (χ0n) is 11.4. The van der Waals surface area contributed by atoms with Gasteiger partial charge in [-0.15, -0.1) is 16.4 Å². The molecule has 0 unspecified atom stereocenters. The number of thiazole rings is 1. The van der Waals surface area contributed by atoms with E-state index in [1.807, 2.05) is 19.4 Å². The minimum atomic E-state index is -0.442. The van der Waals surface area contributed by atoms with Crippen molar-refractivity contribution in [2.75, 3.05) is 13.6 Å². The predicted octanol–water partition coefficient (Wildman–Crippen LogP) is -0.221. The van der Waals surface area contributed by atoms with Crippen molar-refractivity contribution in [3.05, 3.63) is 28.0 Å². The minimum Gasteiger partial charge on any atom is -0.299 e. The van der Waals surface area contributed by atoms with Gasteiger partial charge in [-0.2, -0.15) is 0 Å². The molecule has 0 bridgehead atoms. The van der Waals surface area contributed by atoms with Crippen LogP contribution in [0, 0.1) is 6.92 Å². The lowest BCUT2D eigenvalue weighted by Gasteiger charge is -2.14. The number of hydrazine groups is 1. The van der Waals surface area contributed by atoms with Crippen LogP contribution >= 0.6 is 11.3 Å². The molecule has 0 radical (unpaired) electrons. The quantitative estimate of drug-likeness (QED) is 0.434. The summed E-state index contributed by atoms with van der Waals surface area (Å²) in [6, 6.07) is 0. The fourth-order valence-corrected chi connectivity index (χ4v) is 2.30. The highest BCUT2D eigenvalue weighted by atomic mass is 32.1. The number of aryl methyl sites for hydroxylation is 1. The largest absolute Gasteiger partial charge is 0.299 e. The van der Waals surface area contributed by atoms with Gasteiger partial charge in [-0.1, -0.05) is 5.21 Å². The molecule has 2 aromatic rings. The molecule has 9 heteroatoms. The summed E-state index contributed by atoms with van der Waals surface area (Å²) in [6.07, 6.45) is 1.57. The normalized spacial score (nSPS) is 11.0. The molecule has 0 saturated heterocycles. The monoisotopic (exact) mass is 295 g/mol. The lowest BCUT2D eigenvalue weighted by Crippen LogP contribution is -2.30. The highest BCUT2D eigenvalue weighted by molar-refractivity contribution is 7.09. The molecule has 2 rings (SSSR count). The van der Waals surface area contributed by atoms with Crippen molar-refractivity contribution < 1.29 is 4.79 Å². The van der Waals surface area contributed by atoms with E-state index >= 15 is 0 Å². The number of amides is 1. The number of hydrogen-bond acceptors (Lipinski definition) is 7. The van der Waals surface area contributed by atoms with Crippen molar-refractivity contribution in [1.82, 2.24) is 30.3 Å². The molecule has 2 heterocycles. The maximum atomic E-state index is 11.2. The minimum absolute atomic E-state index is 0.213. The van der Waals surface area contributed by atoms with Gasteiger partial charge in [0.15, 0.2) is 5.69 Å². The van der Waals surface area contributed by atoms with Gasteiger partial charge < -0.3 is 0 Å². The van der Waals surface area contributed by atoms with Crippen LogP contribution in [0.25, 0.3) is 0 Å². The van der Waals surface area contributed by atoms with E-state index in [1.54, 1.807) is 22.2 Å². The molecule has 0 aromatic carbocycles. The molecular formula is C11H17N7OS. The third-order valence-corrected chi connectivity index (χ3v) is 3.53. The maximum absolute atomic E-state index is 11.2. The summed E-state index contributed by atoms with van der Waals surface area (Å²) in [4.78, 5) is 17.8. The first kappa shape index (κ1) is 14.6. The molecule has 0 fully saturated rings. The van der Waals surface area contributed by atoms with E-state index in [0.717, 1.165) is 23.8 Å². The first-order valence-electron chi connectivity index (χ1n) is 6.09. The van der Waals surface area contributed by atoms with Gasteiger partial charge in [0.25, 0.3) is 5.91 Å². The van der Waals surface area contributed by atoms with E-state index in [0.29, 0.717) is 6.54 Å². The third kappa shape index (κ3) is 3.83. The van der Waals surface area contributed by atoms with E-state index in [9.17, 15) is 4.79 Å². The van der Waals surface area contributed by atoms with Crippen molar-refractivity contribution >= 4 is 17.2 Å². The molecule has 1 amide bonds. The van der Waals surface area contributed by atoms with Crippen molar-refractivity contribution in [2.45, 2.75) is 20.0 Å². The number of nitrogen functional groups attached to an aromatic ring is 1. The Bertz CT molecular complexity index is 579. The highest BCUT2D eigenvalue weighted by Gasteiger charge is 2.09. The fourth-order valence-electron chi connectivity index (χ4n) is 1.70. The summed E-state index contributed by atoms with van der Waals surface area (Å²) in [5, 5.41) is 10.8. The summed E-state index contributed by atoms with van der Waals surface area (Å²) >= 11 is 1.65. The van der Waals surface area contributed by atoms with Crippen LogP contribution in [0.3, 0.4) is 0 Å². The molecule has 0 atom stereocenters. The van der Waals surface area contributed by atoms with Crippen molar-refractivity contribution in [3.8, 4) is 0 Å². The van der Waals surface area contributed by atoms with Gasteiger partial charge in [0.2, 0.25) is 0 Å². The Hall–Kier alpha value is -1.84. The number of nitrogens with two attached hydrogens (primary N) is 1. The zero-order chi connectivity index (χ0) is 14.5.